The number of aliphatic hydroxyl groups excluding tert-OH is 2. The third-order valence-electron chi connectivity index (χ3n) is 7.08. The van der Waals surface area contributed by atoms with Gasteiger partial charge in [-0.3, -0.25) is 28.5 Å². The zero-order valence-electron chi connectivity index (χ0n) is 25.7. The highest BCUT2D eigenvalue weighted by atomic mass is 31.2. The molecule has 1 aliphatic heterocycles. The number of rotatable bonds is 15. The highest BCUT2D eigenvalue weighted by Crippen LogP contribution is 2.45. The molecular weight excluding hydrogens is 653 g/mol. The van der Waals surface area contributed by atoms with Crippen molar-refractivity contribution in [3.63, 3.8) is 0 Å². The molecule has 18 nitrogen and oxygen atoms in total. The fourth-order valence-corrected chi connectivity index (χ4v) is 6.37. The number of esters is 2. The molecule has 256 valence electrons. The smallest absolute Gasteiger partial charge is 0.342 e. The Hall–Kier alpha value is -4.64. The quantitative estimate of drug-likeness (QED) is 0.0498. The minimum atomic E-state index is -4.58. The second-order valence-corrected chi connectivity index (χ2v) is 12.6. The van der Waals surface area contributed by atoms with Gasteiger partial charge in [-0.1, -0.05) is 65.8 Å². The van der Waals surface area contributed by atoms with E-state index in [2.05, 4.69) is 20.2 Å². The van der Waals surface area contributed by atoms with Gasteiger partial charge in [0.2, 0.25) is 5.72 Å². The van der Waals surface area contributed by atoms with Gasteiger partial charge in [0.15, 0.2) is 6.23 Å². The number of H-pyrrole nitrogens is 1. The summed E-state index contributed by atoms with van der Waals surface area (Å²) >= 11 is 0. The Bertz CT molecular complexity index is 1720. The molecule has 1 aliphatic rings. The summed E-state index contributed by atoms with van der Waals surface area (Å²) in [5, 5.41) is 30.1. The minimum absolute atomic E-state index is 0.101. The van der Waals surface area contributed by atoms with Crippen LogP contribution in [0.25, 0.3) is 10.4 Å². The molecule has 0 saturated carbocycles. The molecule has 2 heterocycles. The van der Waals surface area contributed by atoms with E-state index in [9.17, 15) is 39.5 Å². The Morgan fingerprint density at radius 1 is 1.00 bits per heavy atom. The topological polar surface area (TPSA) is 256 Å². The number of hydrogen-bond acceptors (Lipinski definition) is 12. The van der Waals surface area contributed by atoms with Crippen LogP contribution in [0.3, 0.4) is 0 Å². The van der Waals surface area contributed by atoms with Crippen LogP contribution >= 0.6 is 7.67 Å². The number of azide groups is 1. The van der Waals surface area contributed by atoms with Gasteiger partial charge in [-0.25, -0.2) is 15.0 Å². The maximum absolute atomic E-state index is 14.2. The Morgan fingerprint density at radius 2 is 1.52 bits per heavy atom. The first-order chi connectivity index (χ1) is 22.9. The summed E-state index contributed by atoms with van der Waals surface area (Å²) < 4.78 is 36.8. The summed E-state index contributed by atoms with van der Waals surface area (Å²) in [6, 6.07) is 15.8. The van der Waals surface area contributed by atoms with Gasteiger partial charge in [-0.15, -0.1) is 0 Å². The van der Waals surface area contributed by atoms with E-state index in [1.54, 1.807) is 60.7 Å². The maximum atomic E-state index is 14.2. The molecule has 0 radical (unpaired) electrons. The predicted molar refractivity (Wildman–Crippen MR) is 167 cm³/mol. The number of nitrogens with one attached hydrogen (secondary N) is 3. The summed E-state index contributed by atoms with van der Waals surface area (Å²) in [6.07, 6.45) is -4.69. The lowest BCUT2D eigenvalue weighted by molar-refractivity contribution is -0.147. The molecular formula is C29H34N7O11P. The Labute approximate surface area is 272 Å². The number of benzene rings is 2. The zero-order chi connectivity index (χ0) is 34.9. The van der Waals surface area contributed by atoms with Crippen LogP contribution in [-0.2, 0) is 46.1 Å². The number of aromatic amines is 1. The second-order valence-electron chi connectivity index (χ2n) is 10.7. The van der Waals surface area contributed by atoms with Crippen molar-refractivity contribution in [3.05, 3.63) is 115 Å². The summed E-state index contributed by atoms with van der Waals surface area (Å²) in [6.45, 7) is 1.39. The third kappa shape index (κ3) is 9.03. The van der Waals surface area contributed by atoms with E-state index in [1.165, 1.54) is 13.8 Å². The van der Waals surface area contributed by atoms with Crippen molar-refractivity contribution in [1.82, 2.24) is 19.7 Å². The Morgan fingerprint density at radius 3 is 2.00 bits per heavy atom. The molecule has 48 heavy (non-hydrogen) atoms. The molecule has 6 atom stereocenters. The van der Waals surface area contributed by atoms with Crippen LogP contribution < -0.4 is 21.4 Å². The van der Waals surface area contributed by atoms with Gasteiger partial charge in [-0.05, 0) is 30.5 Å². The maximum Gasteiger partial charge on any atom is 0.342 e. The second kappa shape index (κ2) is 16.0. The highest BCUT2D eigenvalue weighted by Gasteiger charge is 2.56. The average Bonchev–Trinajstić information content (AvgIpc) is 3.31. The van der Waals surface area contributed by atoms with Gasteiger partial charge in [0.05, 0.1) is 6.61 Å². The van der Waals surface area contributed by atoms with Crippen molar-refractivity contribution < 1.29 is 43.1 Å². The Balaban J connectivity index is 1.54. The minimum Gasteiger partial charge on any atom is -0.460 e. The van der Waals surface area contributed by atoms with Crippen molar-refractivity contribution in [2.24, 2.45) is 5.11 Å². The lowest BCUT2D eigenvalue weighted by Crippen LogP contribution is -2.47. The van der Waals surface area contributed by atoms with E-state index in [4.69, 9.17) is 18.7 Å². The molecule has 1 unspecified atom stereocenters. The number of hydrogen-bond donors (Lipinski definition) is 5. The number of nitrogens with zero attached hydrogens (tertiary/aromatic N) is 4. The fourth-order valence-electron chi connectivity index (χ4n) is 4.54. The first-order valence-electron chi connectivity index (χ1n) is 14.5. The number of carbonyl (C=O) groups is 2. The Kier molecular flexibility index (Phi) is 12.0. The van der Waals surface area contributed by atoms with Crippen molar-refractivity contribution in [3.8, 4) is 0 Å². The number of aliphatic hydroxyl groups is 2. The van der Waals surface area contributed by atoms with E-state index in [0.29, 0.717) is 11.1 Å². The van der Waals surface area contributed by atoms with Crippen LogP contribution in [0.15, 0.2) is 87.6 Å². The van der Waals surface area contributed by atoms with Gasteiger partial charge in [0, 0.05) is 17.2 Å². The summed E-state index contributed by atoms with van der Waals surface area (Å²) in [5.41, 5.74) is 6.41. The number of ether oxygens (including phenoxy) is 3. The van der Waals surface area contributed by atoms with Gasteiger partial charge >= 0.3 is 25.3 Å². The highest BCUT2D eigenvalue weighted by molar-refractivity contribution is 7.54. The van der Waals surface area contributed by atoms with Crippen LogP contribution in [0.5, 0.6) is 0 Å². The molecule has 4 rings (SSSR count). The molecule has 0 amide bonds. The first kappa shape index (κ1) is 36.2. The summed E-state index contributed by atoms with van der Waals surface area (Å²) in [5.74, 6) is -1.70. The van der Waals surface area contributed by atoms with Gasteiger partial charge in [0.1, 0.15) is 37.5 Å². The van der Waals surface area contributed by atoms with E-state index in [0.717, 1.165) is 16.8 Å². The van der Waals surface area contributed by atoms with E-state index in [-0.39, 0.29) is 13.2 Å². The van der Waals surface area contributed by atoms with E-state index < -0.39 is 73.7 Å². The molecule has 3 aromatic rings. The SMILES string of the molecule is C[C@H](NP(=O)(N[C@@H](C)C(=O)OCc1ccccc1)OCC1(N=[N+]=[N-])O[C@@H](n2ccc(=O)[nH]c2=O)[C@H](O)[C@@H]1O)C(=O)OCc1ccccc1. The molecule has 5 N–H and O–H groups in total. The summed E-state index contributed by atoms with van der Waals surface area (Å²) in [4.78, 5) is 54.2. The van der Waals surface area contributed by atoms with Crippen LogP contribution in [0, 0.1) is 0 Å². The van der Waals surface area contributed by atoms with Crippen LogP contribution in [0.2, 0.25) is 0 Å². The molecule has 0 bridgehead atoms. The average molecular weight is 688 g/mol. The monoisotopic (exact) mass is 687 g/mol. The van der Waals surface area contributed by atoms with E-state index >= 15 is 0 Å². The summed E-state index contributed by atoms with van der Waals surface area (Å²) in [7, 11) is -4.58. The predicted octanol–water partition coefficient (Wildman–Crippen LogP) is 1.36. The number of carbonyl (C=O) groups excluding carboxylic acids is 2. The molecule has 0 aliphatic carbocycles. The molecule has 1 saturated heterocycles. The largest absolute Gasteiger partial charge is 0.460 e. The molecule has 19 heteroatoms. The van der Waals surface area contributed by atoms with Gasteiger partial charge in [-0.2, -0.15) is 0 Å². The van der Waals surface area contributed by atoms with Crippen molar-refractivity contribution in [1.29, 1.82) is 0 Å². The van der Waals surface area contributed by atoms with Gasteiger partial charge < -0.3 is 28.9 Å². The molecule has 1 aromatic heterocycles. The lowest BCUT2D eigenvalue weighted by Gasteiger charge is -2.31. The van der Waals surface area contributed by atoms with Crippen LogP contribution in [0.1, 0.15) is 31.2 Å². The van der Waals surface area contributed by atoms with Gasteiger partial charge in [0.25, 0.3) is 5.56 Å². The first-order valence-corrected chi connectivity index (χ1v) is 16.1. The van der Waals surface area contributed by atoms with Crippen molar-refractivity contribution in [2.45, 2.75) is 63.3 Å². The third-order valence-corrected chi connectivity index (χ3v) is 9.02. The van der Waals surface area contributed by atoms with Crippen LogP contribution in [0.4, 0.5) is 0 Å². The molecule has 1 fully saturated rings. The van der Waals surface area contributed by atoms with Crippen molar-refractivity contribution in [2.75, 3.05) is 6.61 Å². The van der Waals surface area contributed by atoms with E-state index in [1.807, 2.05) is 4.98 Å². The number of aromatic nitrogens is 2. The van der Waals surface area contributed by atoms with Crippen molar-refractivity contribution >= 4 is 19.6 Å². The lowest BCUT2D eigenvalue weighted by atomic mass is 10.1. The fraction of sp³-hybridized carbons (Fsp3) is 0.379. The molecule has 2 aromatic carbocycles. The molecule has 0 spiro atoms. The standard InChI is InChI=1S/C29H34N7O11P/c1-18(26(40)44-15-20-9-5-3-6-10-20)32-48(43,33-19(2)27(41)45-16-21-11-7-4-8-12-21)46-17-29(34-35-30)24(39)23(38)25(47-29)36-14-13-22(37)31-28(36)42/h3-14,18-19,23-25,38-39H,15-17H2,1-2H3,(H,31,37,42)(H2,32,33,43)/t18-,19-,23+,24-,25+,29?/m0/s1. The van der Waals surface area contributed by atoms with Crippen LogP contribution in [-0.4, -0.2) is 68.3 Å². The zero-order valence-corrected chi connectivity index (χ0v) is 26.6. The normalized spacial score (nSPS) is 21.9.